The van der Waals surface area contributed by atoms with Gasteiger partial charge in [-0.05, 0) is 18.6 Å². The zero-order valence-corrected chi connectivity index (χ0v) is 14.8. The lowest BCUT2D eigenvalue weighted by Gasteiger charge is -1.99. The smallest absolute Gasteiger partial charge is 0.330 e. The third-order valence-electron chi connectivity index (χ3n) is 2.61. The van der Waals surface area contributed by atoms with Crippen LogP contribution >= 0.6 is 35.0 Å². The molecular weight excluding hydrogens is 359 g/mol. The highest BCUT2D eigenvalue weighted by molar-refractivity contribution is 8.13. The zero-order valence-electron chi connectivity index (χ0n) is 12.4. The van der Waals surface area contributed by atoms with Crippen LogP contribution in [0.25, 0.3) is 11.3 Å². The molecule has 0 bridgehead atoms. The summed E-state index contributed by atoms with van der Waals surface area (Å²) < 4.78 is 0. The van der Waals surface area contributed by atoms with Crippen LogP contribution in [0.5, 0.6) is 0 Å². The summed E-state index contributed by atoms with van der Waals surface area (Å²) in [6.45, 7) is 2.06. The number of H-pyrrole nitrogens is 1. The Morgan fingerprint density at radius 1 is 1.35 bits per heavy atom. The molecule has 0 saturated heterocycles. The first-order valence-electron chi connectivity index (χ1n) is 6.83. The van der Waals surface area contributed by atoms with E-state index in [1.165, 1.54) is 6.07 Å². The molecule has 2 aromatic rings. The van der Waals surface area contributed by atoms with E-state index in [0.717, 1.165) is 30.4 Å². The molecule has 0 saturated carbocycles. The Morgan fingerprint density at radius 3 is 2.52 bits per heavy atom. The highest BCUT2D eigenvalue weighted by atomic mass is 35.5. The van der Waals surface area contributed by atoms with E-state index < -0.39 is 5.30 Å². The molecule has 1 aromatic heterocycles. The van der Waals surface area contributed by atoms with Crippen molar-refractivity contribution in [1.82, 2.24) is 10.2 Å². The van der Waals surface area contributed by atoms with Crippen LogP contribution in [0.4, 0.5) is 0 Å². The summed E-state index contributed by atoms with van der Waals surface area (Å²) in [6, 6.07) is 8.15. The van der Waals surface area contributed by atoms with E-state index >= 15 is 0 Å². The molecule has 0 aliphatic heterocycles. The molecule has 1 heterocycles. The van der Waals surface area contributed by atoms with Gasteiger partial charge < -0.3 is 9.90 Å². The monoisotopic (exact) mass is 375 g/mol. The standard InChI is InChI=1S/C10H6Cl2N2O.C5H10O2S/c11-7-3-1-6(2-4-7)10-8(15)5-9(12)13-14-10;1-2-3-4-8-5(6)7/h1-5H,(H,13,15);2-4H2,1H3,(H,6,7)/p+1. The van der Waals surface area contributed by atoms with Crippen molar-refractivity contribution in [3.63, 3.8) is 0 Å². The van der Waals surface area contributed by atoms with E-state index in [4.69, 9.17) is 33.1 Å². The average Bonchev–Trinajstić information content (AvgIpc) is 2.49. The van der Waals surface area contributed by atoms with E-state index in [0.29, 0.717) is 16.3 Å². The summed E-state index contributed by atoms with van der Waals surface area (Å²) in [5.41, 5.74) is 0.814. The van der Waals surface area contributed by atoms with Crippen LogP contribution in [-0.4, -0.2) is 31.2 Å². The number of thioether (sulfide) groups is 1. The summed E-state index contributed by atoms with van der Waals surface area (Å²) in [5, 5.41) is 14.9. The van der Waals surface area contributed by atoms with Gasteiger partial charge in [0.2, 0.25) is 5.43 Å². The summed E-state index contributed by atoms with van der Waals surface area (Å²) >= 11 is 12.4. The molecule has 2 rings (SSSR count). The van der Waals surface area contributed by atoms with Gasteiger partial charge in [0.25, 0.3) is 0 Å². The van der Waals surface area contributed by atoms with Crippen molar-refractivity contribution < 1.29 is 9.90 Å². The number of carboxylic acid groups (broad SMARTS) is 1. The lowest BCUT2D eigenvalue weighted by molar-refractivity contribution is 0.482. The van der Waals surface area contributed by atoms with Crippen LogP contribution in [0.1, 0.15) is 19.8 Å². The van der Waals surface area contributed by atoms with Gasteiger partial charge in [0.15, 0.2) is 0 Å². The van der Waals surface area contributed by atoms with Gasteiger partial charge in [-0.25, -0.2) is 0 Å². The summed E-state index contributed by atoms with van der Waals surface area (Å²) in [6.07, 6.45) is 2.13. The van der Waals surface area contributed by atoms with E-state index in [1.54, 1.807) is 24.3 Å². The summed E-state index contributed by atoms with van der Waals surface area (Å²) in [4.78, 5) is 19.7. The van der Waals surface area contributed by atoms with E-state index in [2.05, 4.69) is 17.1 Å². The number of aromatic nitrogens is 2. The molecule has 0 amide bonds. The van der Waals surface area contributed by atoms with Crippen LogP contribution in [0.15, 0.2) is 35.1 Å². The first-order valence-corrected chi connectivity index (χ1v) is 8.57. The lowest BCUT2D eigenvalue weighted by atomic mass is 10.1. The van der Waals surface area contributed by atoms with E-state index in [1.807, 2.05) is 0 Å². The number of aromatic amines is 1. The minimum atomic E-state index is -0.515. The molecule has 0 fully saturated rings. The maximum absolute atomic E-state index is 11.5. The largest absolute Gasteiger partial charge is 0.548 e. The van der Waals surface area contributed by atoms with Gasteiger partial charge in [-0.2, -0.15) is 5.10 Å². The Morgan fingerprint density at radius 2 is 2.00 bits per heavy atom. The number of nitrogens with zero attached hydrogens (tertiary/aromatic N) is 1. The Bertz CT molecular complexity index is 690. The highest BCUT2D eigenvalue weighted by Crippen LogP contribution is 2.16. The predicted octanol–water partition coefficient (Wildman–Crippen LogP) is 4.28. The average molecular weight is 376 g/mol. The maximum atomic E-state index is 11.5. The Hall–Kier alpha value is -1.50. The fourth-order valence-corrected chi connectivity index (χ4v) is 2.39. The van der Waals surface area contributed by atoms with Gasteiger partial charge in [0.1, 0.15) is 10.8 Å². The third kappa shape index (κ3) is 7.54. The molecule has 0 radical (unpaired) electrons. The van der Waals surface area contributed by atoms with Crippen molar-refractivity contribution in [3.05, 3.63) is 50.7 Å². The minimum Gasteiger partial charge on any atom is -0.330 e. The first-order chi connectivity index (χ1) is 10.9. The number of hydrogen-bond acceptors (Lipinski definition) is 3. The molecule has 3 N–H and O–H groups in total. The fourth-order valence-electron chi connectivity index (χ4n) is 1.50. The lowest BCUT2D eigenvalue weighted by Crippen LogP contribution is -2.07. The minimum absolute atomic E-state index is 0.220. The molecule has 1 aromatic carbocycles. The van der Waals surface area contributed by atoms with Crippen molar-refractivity contribution in [3.8, 4) is 11.3 Å². The zero-order chi connectivity index (χ0) is 17.2. The van der Waals surface area contributed by atoms with Crippen molar-refractivity contribution >= 4 is 40.3 Å². The summed E-state index contributed by atoms with van der Waals surface area (Å²) in [7, 11) is 0. The molecule has 0 atom stereocenters. The van der Waals surface area contributed by atoms with Crippen LogP contribution < -0.4 is 5.43 Å². The Labute approximate surface area is 148 Å². The topological polar surface area (TPSA) is 87.4 Å². The SMILES string of the molecule is CCCCSC(O)=[OH+].O=c1cc(Cl)[nH]nc1-c1ccc(Cl)cc1. The number of unbranched alkanes of at least 4 members (excludes halogenated alkanes) is 1. The molecule has 5 nitrogen and oxygen atoms in total. The number of benzene rings is 1. The van der Waals surface area contributed by atoms with Crippen LogP contribution in [0.3, 0.4) is 0 Å². The number of aliphatic hydroxyl groups excluding tert-OH is 1. The maximum Gasteiger partial charge on any atom is 0.548 e. The molecule has 23 heavy (non-hydrogen) atoms. The van der Waals surface area contributed by atoms with Crippen molar-refractivity contribution in [2.24, 2.45) is 0 Å². The molecule has 124 valence electrons. The van der Waals surface area contributed by atoms with Crippen molar-refractivity contribution in [2.75, 3.05) is 5.75 Å². The summed E-state index contributed by atoms with van der Waals surface area (Å²) in [5.74, 6) is 0.804. The number of halogens is 2. The molecule has 8 heteroatoms. The van der Waals surface area contributed by atoms with Crippen LogP contribution in [0.2, 0.25) is 10.2 Å². The Balaban J connectivity index is 0.000000284. The van der Waals surface area contributed by atoms with Gasteiger partial charge in [0, 0.05) is 34.2 Å². The predicted molar refractivity (Wildman–Crippen MR) is 97.3 cm³/mol. The normalized spacial score (nSPS) is 9.87. The Kier molecular flexibility index (Phi) is 8.76. The number of nitrogens with one attached hydrogen (secondary N) is 1. The fraction of sp³-hybridized carbons (Fsp3) is 0.267. The first kappa shape index (κ1) is 19.5. The third-order valence-corrected chi connectivity index (χ3v) is 3.81. The van der Waals surface area contributed by atoms with Crippen LogP contribution in [-0.2, 0) is 0 Å². The van der Waals surface area contributed by atoms with Gasteiger partial charge in [-0.1, -0.05) is 48.7 Å². The molecular formula is C15H17Cl2N2O3S+. The second-order valence-corrected chi connectivity index (χ2v) is 6.33. The van der Waals surface area contributed by atoms with E-state index in [9.17, 15) is 4.79 Å². The van der Waals surface area contributed by atoms with Crippen molar-refractivity contribution in [1.29, 1.82) is 0 Å². The molecule has 0 aliphatic rings. The van der Waals surface area contributed by atoms with Gasteiger partial charge in [-0.3, -0.25) is 9.89 Å². The molecule has 0 spiro atoms. The van der Waals surface area contributed by atoms with Gasteiger partial charge in [-0.15, -0.1) is 0 Å². The second kappa shape index (κ2) is 10.3. The number of rotatable bonds is 4. The molecule has 0 aliphatic carbocycles. The highest BCUT2D eigenvalue weighted by Gasteiger charge is 2.05. The van der Waals surface area contributed by atoms with Gasteiger partial charge >= 0.3 is 5.30 Å². The quantitative estimate of drug-likeness (QED) is 0.616. The number of hydrogen-bond donors (Lipinski definition) is 2. The van der Waals surface area contributed by atoms with E-state index in [-0.39, 0.29) is 10.6 Å². The second-order valence-electron chi connectivity index (χ2n) is 4.42. The molecule has 0 unspecified atom stereocenters. The van der Waals surface area contributed by atoms with Crippen LogP contribution in [0, 0.1) is 0 Å². The van der Waals surface area contributed by atoms with Crippen molar-refractivity contribution in [2.45, 2.75) is 19.8 Å². The van der Waals surface area contributed by atoms with Gasteiger partial charge in [0.05, 0.1) is 0 Å².